The Morgan fingerprint density at radius 1 is 1.47 bits per heavy atom. The largest absolute Gasteiger partial charge is 0.361 e. The molecule has 0 aliphatic carbocycles. The van der Waals surface area contributed by atoms with Crippen LogP contribution in [0.2, 0.25) is 0 Å². The number of hydrogen-bond donors (Lipinski definition) is 0. The van der Waals surface area contributed by atoms with Crippen molar-refractivity contribution in [1.29, 1.82) is 0 Å². The highest BCUT2D eigenvalue weighted by molar-refractivity contribution is 5.78. The quantitative estimate of drug-likeness (QED) is 0.760. The predicted octanol–water partition coefficient (Wildman–Crippen LogP) is 1.56. The first-order chi connectivity index (χ1) is 6.93. The van der Waals surface area contributed by atoms with Crippen molar-refractivity contribution >= 4 is 5.91 Å². The van der Waals surface area contributed by atoms with Crippen LogP contribution >= 0.6 is 0 Å². The molecule has 0 unspecified atom stereocenters. The van der Waals surface area contributed by atoms with Gasteiger partial charge in [0.25, 0.3) is 0 Å². The summed E-state index contributed by atoms with van der Waals surface area (Å²) >= 11 is 0. The van der Waals surface area contributed by atoms with E-state index in [0.717, 1.165) is 17.0 Å². The van der Waals surface area contributed by atoms with E-state index in [-0.39, 0.29) is 11.8 Å². The number of carbonyl (C=O) groups is 1. The smallest absolute Gasteiger partial charge is 0.225 e. The molecular weight excluding hydrogens is 192 g/mol. The zero-order valence-corrected chi connectivity index (χ0v) is 10.00. The minimum Gasteiger partial charge on any atom is -0.361 e. The van der Waals surface area contributed by atoms with Gasteiger partial charge in [0.05, 0.1) is 5.69 Å². The lowest BCUT2D eigenvalue weighted by molar-refractivity contribution is -0.132. The molecule has 4 nitrogen and oxygen atoms in total. The third-order valence-electron chi connectivity index (χ3n) is 2.55. The van der Waals surface area contributed by atoms with Crippen molar-refractivity contribution in [3.63, 3.8) is 0 Å². The summed E-state index contributed by atoms with van der Waals surface area (Å²) in [6.07, 6.45) is 0.693. The molecule has 0 fully saturated rings. The lowest BCUT2D eigenvalue weighted by Crippen LogP contribution is -2.29. The molecule has 1 aromatic heterocycles. The Hall–Kier alpha value is -1.32. The Morgan fingerprint density at radius 3 is 2.47 bits per heavy atom. The molecule has 1 heterocycles. The van der Waals surface area contributed by atoms with Crippen LogP contribution in [-0.4, -0.2) is 30.1 Å². The average molecular weight is 210 g/mol. The normalized spacial score (nSPS) is 12.6. The number of aryl methyl sites for hydroxylation is 2. The molecule has 15 heavy (non-hydrogen) atoms. The fourth-order valence-corrected chi connectivity index (χ4v) is 1.63. The molecule has 1 atom stereocenters. The van der Waals surface area contributed by atoms with Crippen molar-refractivity contribution in [3.05, 3.63) is 17.0 Å². The second kappa shape index (κ2) is 4.47. The van der Waals surface area contributed by atoms with Gasteiger partial charge in [0.1, 0.15) is 5.76 Å². The van der Waals surface area contributed by atoms with E-state index in [9.17, 15) is 4.79 Å². The maximum atomic E-state index is 11.7. The number of amides is 1. The van der Waals surface area contributed by atoms with Gasteiger partial charge in [-0.2, -0.15) is 0 Å². The summed E-state index contributed by atoms with van der Waals surface area (Å²) in [6, 6.07) is 0. The van der Waals surface area contributed by atoms with Crippen molar-refractivity contribution in [2.45, 2.75) is 27.2 Å². The van der Waals surface area contributed by atoms with Crippen LogP contribution in [0.3, 0.4) is 0 Å². The van der Waals surface area contributed by atoms with Crippen LogP contribution in [0, 0.1) is 19.8 Å². The Labute approximate surface area is 90.2 Å². The summed E-state index contributed by atoms with van der Waals surface area (Å²) in [6.45, 7) is 5.70. The van der Waals surface area contributed by atoms with E-state index in [1.165, 1.54) is 0 Å². The van der Waals surface area contributed by atoms with Crippen LogP contribution in [0.5, 0.6) is 0 Å². The molecule has 4 heteroatoms. The van der Waals surface area contributed by atoms with Gasteiger partial charge < -0.3 is 9.42 Å². The fraction of sp³-hybridized carbons (Fsp3) is 0.636. The van der Waals surface area contributed by atoms with E-state index >= 15 is 0 Å². The van der Waals surface area contributed by atoms with Crippen LogP contribution in [0.25, 0.3) is 0 Å². The van der Waals surface area contributed by atoms with Gasteiger partial charge in [-0.3, -0.25) is 4.79 Å². The van der Waals surface area contributed by atoms with Crippen molar-refractivity contribution in [1.82, 2.24) is 10.1 Å². The Bertz CT molecular complexity index is 336. The van der Waals surface area contributed by atoms with E-state index in [2.05, 4.69) is 5.16 Å². The molecule has 0 saturated carbocycles. The molecular formula is C11H18N2O2. The Morgan fingerprint density at radius 2 is 2.07 bits per heavy atom. The first-order valence-corrected chi connectivity index (χ1v) is 5.06. The van der Waals surface area contributed by atoms with Crippen LogP contribution in [0.15, 0.2) is 4.52 Å². The maximum absolute atomic E-state index is 11.7. The number of nitrogens with zero attached hydrogens (tertiary/aromatic N) is 2. The van der Waals surface area contributed by atoms with Crippen LogP contribution in [-0.2, 0) is 11.2 Å². The summed E-state index contributed by atoms with van der Waals surface area (Å²) in [4.78, 5) is 13.3. The number of hydrogen-bond acceptors (Lipinski definition) is 3. The highest BCUT2D eigenvalue weighted by Crippen LogP contribution is 2.17. The van der Waals surface area contributed by atoms with Crippen molar-refractivity contribution in [3.8, 4) is 0 Å². The minimum atomic E-state index is -0.0307. The van der Waals surface area contributed by atoms with Crippen molar-refractivity contribution in [2.24, 2.45) is 5.92 Å². The fourth-order valence-electron chi connectivity index (χ4n) is 1.63. The van der Waals surface area contributed by atoms with Crippen LogP contribution < -0.4 is 0 Å². The molecule has 0 bridgehead atoms. The topological polar surface area (TPSA) is 46.3 Å². The molecule has 0 aromatic carbocycles. The minimum absolute atomic E-state index is 0.0307. The molecule has 0 radical (unpaired) electrons. The standard InChI is InChI=1S/C11H18N2O2/c1-7(11(14)13(4)5)6-10-8(2)12-15-9(10)3/h7H,6H2,1-5H3/t7-/m1/s1. The van der Waals surface area contributed by atoms with Gasteiger partial charge in [-0.05, 0) is 20.3 Å². The predicted molar refractivity (Wildman–Crippen MR) is 57.5 cm³/mol. The zero-order chi connectivity index (χ0) is 11.6. The number of carbonyl (C=O) groups excluding carboxylic acids is 1. The second-order valence-electron chi connectivity index (χ2n) is 4.14. The summed E-state index contributed by atoms with van der Waals surface area (Å²) in [5, 5.41) is 3.87. The Balaban J connectivity index is 2.74. The third kappa shape index (κ3) is 2.58. The molecule has 0 saturated heterocycles. The van der Waals surface area contributed by atoms with E-state index in [0.29, 0.717) is 6.42 Å². The summed E-state index contributed by atoms with van der Waals surface area (Å²) in [7, 11) is 3.54. The lowest BCUT2D eigenvalue weighted by atomic mass is 9.99. The van der Waals surface area contributed by atoms with Crippen LogP contribution in [0.4, 0.5) is 0 Å². The molecule has 0 N–H and O–H groups in total. The summed E-state index contributed by atoms with van der Waals surface area (Å²) < 4.78 is 5.06. The maximum Gasteiger partial charge on any atom is 0.225 e. The van der Waals surface area contributed by atoms with Gasteiger partial charge in [0, 0.05) is 25.6 Å². The van der Waals surface area contributed by atoms with Gasteiger partial charge in [-0.15, -0.1) is 0 Å². The van der Waals surface area contributed by atoms with Gasteiger partial charge in [-0.1, -0.05) is 12.1 Å². The average Bonchev–Trinajstić information content (AvgIpc) is 2.47. The van der Waals surface area contributed by atoms with E-state index in [1.807, 2.05) is 20.8 Å². The SMILES string of the molecule is Cc1noc(C)c1C[C@@H](C)C(=O)N(C)C. The molecule has 0 aliphatic heterocycles. The number of rotatable bonds is 3. The molecule has 1 amide bonds. The Kier molecular flexibility index (Phi) is 3.50. The van der Waals surface area contributed by atoms with E-state index in [1.54, 1.807) is 19.0 Å². The molecule has 1 aromatic rings. The second-order valence-corrected chi connectivity index (χ2v) is 4.14. The van der Waals surface area contributed by atoms with Gasteiger partial charge in [-0.25, -0.2) is 0 Å². The first kappa shape index (κ1) is 11.8. The van der Waals surface area contributed by atoms with Crippen LogP contribution in [0.1, 0.15) is 23.9 Å². The molecule has 1 rings (SSSR count). The van der Waals surface area contributed by atoms with E-state index in [4.69, 9.17) is 4.52 Å². The molecule has 84 valence electrons. The van der Waals surface area contributed by atoms with Crippen molar-refractivity contribution < 1.29 is 9.32 Å². The van der Waals surface area contributed by atoms with Gasteiger partial charge >= 0.3 is 0 Å². The first-order valence-electron chi connectivity index (χ1n) is 5.06. The number of aromatic nitrogens is 1. The highest BCUT2D eigenvalue weighted by atomic mass is 16.5. The van der Waals surface area contributed by atoms with Gasteiger partial charge in [0.15, 0.2) is 0 Å². The third-order valence-corrected chi connectivity index (χ3v) is 2.55. The lowest BCUT2D eigenvalue weighted by Gasteiger charge is -2.16. The summed E-state index contributed by atoms with van der Waals surface area (Å²) in [5.41, 5.74) is 1.93. The van der Waals surface area contributed by atoms with Gasteiger partial charge in [0.2, 0.25) is 5.91 Å². The zero-order valence-electron chi connectivity index (χ0n) is 10.00. The monoisotopic (exact) mass is 210 g/mol. The molecule has 0 spiro atoms. The van der Waals surface area contributed by atoms with Crippen molar-refractivity contribution in [2.75, 3.05) is 14.1 Å². The highest BCUT2D eigenvalue weighted by Gasteiger charge is 2.19. The molecule has 0 aliphatic rings. The van der Waals surface area contributed by atoms with E-state index < -0.39 is 0 Å². The summed E-state index contributed by atoms with van der Waals surface area (Å²) in [5.74, 6) is 0.915.